The molecule has 134 valence electrons. The molecule has 0 unspecified atom stereocenters. The van der Waals surface area contributed by atoms with Crippen LogP contribution in [0.2, 0.25) is 0 Å². The van der Waals surface area contributed by atoms with Crippen LogP contribution >= 0.6 is 0 Å². The molecule has 0 aliphatic rings. The number of carbonyl (C=O) groups is 2. The Hall–Kier alpha value is -3.13. The maximum Gasteiger partial charge on any atom is 0.224 e. The Balaban J connectivity index is 2.09. The summed E-state index contributed by atoms with van der Waals surface area (Å²) in [6.45, 7) is 5.97. The first kappa shape index (κ1) is 19.2. The Morgan fingerprint density at radius 2 is 1.92 bits per heavy atom. The fraction of sp³-hybridized carbons (Fsp3) is 0.286. The third kappa shape index (κ3) is 5.45. The molecule has 0 aliphatic carbocycles. The van der Waals surface area contributed by atoms with Crippen molar-refractivity contribution in [3.8, 4) is 6.07 Å². The van der Waals surface area contributed by atoms with Crippen LogP contribution in [0.25, 0.3) is 0 Å². The molecule has 0 radical (unpaired) electrons. The van der Waals surface area contributed by atoms with Gasteiger partial charge in [0, 0.05) is 24.2 Å². The number of hydrogen-bond donors (Lipinski definition) is 2. The number of hydrogen-bond acceptors (Lipinski definition) is 4. The maximum atomic E-state index is 11.9. The molecule has 0 saturated carbocycles. The average Bonchev–Trinajstić information content (AvgIpc) is 2.59. The second-order valence-corrected chi connectivity index (χ2v) is 6.63. The Morgan fingerprint density at radius 1 is 1.15 bits per heavy atom. The quantitative estimate of drug-likeness (QED) is 0.728. The monoisotopic (exact) mass is 349 g/mol. The Morgan fingerprint density at radius 3 is 2.58 bits per heavy atom. The number of anilines is 2. The summed E-state index contributed by atoms with van der Waals surface area (Å²) in [5.74, 6) is 0.247. The van der Waals surface area contributed by atoms with Gasteiger partial charge in [-0.2, -0.15) is 5.26 Å². The lowest BCUT2D eigenvalue weighted by Gasteiger charge is -2.12. The number of nitrogens with one attached hydrogen (secondary N) is 2. The zero-order valence-electron chi connectivity index (χ0n) is 15.3. The van der Waals surface area contributed by atoms with Crippen molar-refractivity contribution in [3.05, 3.63) is 59.2 Å². The van der Waals surface area contributed by atoms with E-state index >= 15 is 0 Å². The van der Waals surface area contributed by atoms with Crippen molar-refractivity contribution in [3.63, 3.8) is 0 Å². The minimum Gasteiger partial charge on any atom is -0.380 e. The predicted molar refractivity (Wildman–Crippen MR) is 103 cm³/mol. The van der Waals surface area contributed by atoms with E-state index < -0.39 is 0 Å². The van der Waals surface area contributed by atoms with Crippen LogP contribution in [0.4, 0.5) is 11.4 Å². The smallest absolute Gasteiger partial charge is 0.224 e. The maximum absolute atomic E-state index is 11.9. The van der Waals surface area contributed by atoms with Crippen molar-refractivity contribution < 1.29 is 9.59 Å². The van der Waals surface area contributed by atoms with E-state index in [2.05, 4.69) is 16.7 Å². The summed E-state index contributed by atoms with van der Waals surface area (Å²) in [5.41, 5.74) is 3.37. The average molecular weight is 349 g/mol. The van der Waals surface area contributed by atoms with Gasteiger partial charge in [-0.3, -0.25) is 9.59 Å². The van der Waals surface area contributed by atoms with Crippen LogP contribution in [0.15, 0.2) is 42.5 Å². The summed E-state index contributed by atoms with van der Waals surface area (Å²) < 4.78 is 0. The van der Waals surface area contributed by atoms with Crippen molar-refractivity contribution in [2.45, 2.75) is 33.7 Å². The molecular formula is C21H23N3O2. The molecule has 26 heavy (non-hydrogen) atoms. The van der Waals surface area contributed by atoms with Gasteiger partial charge in [-0.1, -0.05) is 26.0 Å². The molecule has 1 amide bonds. The minimum absolute atomic E-state index is 0.00830. The van der Waals surface area contributed by atoms with Gasteiger partial charge in [0.1, 0.15) is 6.07 Å². The fourth-order valence-electron chi connectivity index (χ4n) is 2.55. The molecule has 0 bridgehead atoms. The van der Waals surface area contributed by atoms with Gasteiger partial charge in [0.15, 0.2) is 5.78 Å². The lowest BCUT2D eigenvalue weighted by molar-refractivity contribution is -0.116. The fourth-order valence-corrected chi connectivity index (χ4v) is 2.55. The van der Waals surface area contributed by atoms with Gasteiger partial charge in [0.25, 0.3) is 0 Å². The molecule has 0 aromatic heterocycles. The second kappa shape index (κ2) is 8.82. The van der Waals surface area contributed by atoms with Crippen LogP contribution in [-0.2, 0) is 11.3 Å². The number of nitriles is 1. The largest absolute Gasteiger partial charge is 0.380 e. The number of ketones is 1. The normalized spacial score (nSPS) is 10.3. The Labute approximate surface area is 154 Å². The molecule has 5 heteroatoms. The summed E-state index contributed by atoms with van der Waals surface area (Å²) in [6.07, 6.45) is 0.478. The molecule has 0 heterocycles. The van der Waals surface area contributed by atoms with Crippen molar-refractivity contribution >= 4 is 23.1 Å². The van der Waals surface area contributed by atoms with Gasteiger partial charge >= 0.3 is 0 Å². The van der Waals surface area contributed by atoms with Crippen LogP contribution in [0, 0.1) is 17.2 Å². The standard InChI is InChI=1S/C21H23N3O2/c1-14(2)9-21(26)24-19-6-4-5-16(10-19)13-23-20-11-17(15(3)25)7-8-18(20)12-22/h4-8,10-11,14,23H,9,13H2,1-3H3,(H,24,26). The third-order valence-electron chi connectivity index (χ3n) is 3.83. The molecule has 0 fully saturated rings. The first-order chi connectivity index (χ1) is 12.4. The number of carbonyl (C=O) groups excluding carboxylic acids is 2. The van der Waals surface area contributed by atoms with Gasteiger partial charge in [0.2, 0.25) is 5.91 Å². The van der Waals surface area contributed by atoms with Gasteiger partial charge in [-0.05, 0) is 48.7 Å². The highest BCUT2D eigenvalue weighted by Gasteiger charge is 2.08. The van der Waals surface area contributed by atoms with Crippen molar-refractivity contribution in [1.29, 1.82) is 5.26 Å². The lowest BCUT2D eigenvalue weighted by atomic mass is 10.1. The van der Waals surface area contributed by atoms with Crippen LogP contribution in [0.1, 0.15) is 48.7 Å². The molecular weight excluding hydrogens is 326 g/mol. The molecule has 0 saturated heterocycles. The summed E-state index contributed by atoms with van der Waals surface area (Å²) in [6, 6.07) is 14.7. The van der Waals surface area contributed by atoms with Gasteiger partial charge < -0.3 is 10.6 Å². The number of amides is 1. The van der Waals surface area contributed by atoms with Crippen LogP contribution < -0.4 is 10.6 Å². The van der Waals surface area contributed by atoms with E-state index in [0.29, 0.717) is 35.7 Å². The molecule has 0 spiro atoms. The highest BCUT2D eigenvalue weighted by Crippen LogP contribution is 2.19. The molecule has 2 aromatic carbocycles. The zero-order valence-corrected chi connectivity index (χ0v) is 15.3. The summed E-state index contributed by atoms with van der Waals surface area (Å²) in [4.78, 5) is 23.4. The zero-order chi connectivity index (χ0) is 19.1. The number of Topliss-reactive ketones (excluding diaryl/α,β-unsaturated/α-hetero) is 1. The van der Waals surface area contributed by atoms with Crippen molar-refractivity contribution in [1.82, 2.24) is 0 Å². The second-order valence-electron chi connectivity index (χ2n) is 6.63. The highest BCUT2D eigenvalue weighted by atomic mass is 16.1. The van der Waals surface area contributed by atoms with Crippen LogP contribution in [0.5, 0.6) is 0 Å². The molecule has 0 aliphatic heterocycles. The van der Waals surface area contributed by atoms with Crippen molar-refractivity contribution in [2.24, 2.45) is 5.92 Å². The lowest BCUT2D eigenvalue weighted by Crippen LogP contribution is -2.14. The van der Waals surface area contributed by atoms with E-state index in [0.717, 1.165) is 11.3 Å². The first-order valence-corrected chi connectivity index (χ1v) is 8.56. The van der Waals surface area contributed by atoms with Gasteiger partial charge in [0.05, 0.1) is 11.3 Å². The number of nitrogens with zero attached hydrogens (tertiary/aromatic N) is 1. The predicted octanol–water partition coefficient (Wildman–Crippen LogP) is 4.36. The van der Waals surface area contributed by atoms with Crippen LogP contribution in [0.3, 0.4) is 0 Å². The van der Waals surface area contributed by atoms with E-state index in [4.69, 9.17) is 0 Å². The van der Waals surface area contributed by atoms with E-state index in [1.807, 2.05) is 38.1 Å². The van der Waals surface area contributed by atoms with Crippen LogP contribution in [-0.4, -0.2) is 11.7 Å². The number of rotatable bonds is 7. The minimum atomic E-state index is -0.0487. The SMILES string of the molecule is CC(=O)c1ccc(C#N)c(NCc2cccc(NC(=O)CC(C)C)c2)c1. The Bertz CT molecular complexity index is 851. The summed E-state index contributed by atoms with van der Waals surface area (Å²) >= 11 is 0. The molecule has 2 aromatic rings. The van der Waals surface area contributed by atoms with E-state index in [1.54, 1.807) is 18.2 Å². The summed E-state index contributed by atoms with van der Waals surface area (Å²) in [5, 5.41) is 15.3. The van der Waals surface area contributed by atoms with Crippen molar-refractivity contribution in [2.75, 3.05) is 10.6 Å². The van der Waals surface area contributed by atoms with E-state index in [1.165, 1.54) is 6.92 Å². The van der Waals surface area contributed by atoms with Gasteiger partial charge in [-0.25, -0.2) is 0 Å². The van der Waals surface area contributed by atoms with E-state index in [9.17, 15) is 14.9 Å². The molecule has 2 rings (SSSR count). The molecule has 0 atom stereocenters. The third-order valence-corrected chi connectivity index (χ3v) is 3.83. The number of benzene rings is 2. The Kier molecular flexibility index (Phi) is 6.51. The first-order valence-electron chi connectivity index (χ1n) is 8.56. The molecule has 5 nitrogen and oxygen atoms in total. The highest BCUT2D eigenvalue weighted by molar-refractivity contribution is 5.95. The molecule has 2 N–H and O–H groups in total. The summed E-state index contributed by atoms with van der Waals surface area (Å²) in [7, 11) is 0. The van der Waals surface area contributed by atoms with E-state index in [-0.39, 0.29) is 11.7 Å². The topological polar surface area (TPSA) is 82.0 Å². The van der Waals surface area contributed by atoms with Gasteiger partial charge in [-0.15, -0.1) is 0 Å².